The van der Waals surface area contributed by atoms with Crippen LogP contribution in [0, 0.1) is 0 Å². The summed E-state index contributed by atoms with van der Waals surface area (Å²) in [7, 11) is 1.83. The van der Waals surface area contributed by atoms with Crippen LogP contribution in [0.15, 0.2) is 57.9 Å². The zero-order valence-electron chi connectivity index (χ0n) is 11.4. The van der Waals surface area contributed by atoms with Crippen LogP contribution in [0.5, 0.6) is 0 Å². The minimum absolute atomic E-state index is 0.170. The van der Waals surface area contributed by atoms with Crippen molar-refractivity contribution in [2.75, 3.05) is 7.05 Å². The van der Waals surface area contributed by atoms with Gasteiger partial charge in [-0.2, -0.15) is 0 Å². The molecule has 3 rings (SSSR count). The van der Waals surface area contributed by atoms with E-state index in [1.54, 1.807) is 12.3 Å². The molecule has 0 fully saturated rings. The van der Waals surface area contributed by atoms with E-state index in [0.717, 1.165) is 5.56 Å². The Bertz CT molecular complexity index is 759. The fourth-order valence-electron chi connectivity index (χ4n) is 2.09. The van der Waals surface area contributed by atoms with Crippen LogP contribution in [-0.2, 0) is 0 Å². The molecular formula is C15H14N4O2. The van der Waals surface area contributed by atoms with Crippen molar-refractivity contribution in [2.45, 2.75) is 6.04 Å². The molecule has 0 aliphatic rings. The molecule has 0 aliphatic carbocycles. The van der Waals surface area contributed by atoms with Crippen molar-refractivity contribution in [3.63, 3.8) is 0 Å². The van der Waals surface area contributed by atoms with Crippen LogP contribution in [-0.4, -0.2) is 22.2 Å². The fraction of sp³-hybridized carbons (Fsp3) is 0.133. The van der Waals surface area contributed by atoms with Crippen LogP contribution in [0.1, 0.15) is 17.5 Å². The van der Waals surface area contributed by atoms with E-state index in [-0.39, 0.29) is 11.6 Å². The molecule has 2 heterocycles. The normalized spacial score (nSPS) is 12.2. The molecule has 0 bridgehead atoms. The summed E-state index contributed by atoms with van der Waals surface area (Å²) in [4.78, 5) is 13.6. The molecule has 0 saturated carbocycles. The Kier molecular flexibility index (Phi) is 3.61. The molecule has 2 N–H and O–H groups in total. The highest BCUT2D eigenvalue weighted by atomic mass is 16.4. The monoisotopic (exact) mass is 282 g/mol. The summed E-state index contributed by atoms with van der Waals surface area (Å²) in [6.45, 7) is 0. The number of hydrogen-bond acceptors (Lipinski definition) is 5. The summed E-state index contributed by atoms with van der Waals surface area (Å²) in [6.07, 6.45) is 1.55. The molecule has 0 spiro atoms. The Morgan fingerprint density at radius 2 is 1.95 bits per heavy atom. The quantitative estimate of drug-likeness (QED) is 0.761. The number of H-pyrrole nitrogens is 1. The molecular weight excluding hydrogens is 268 g/mol. The molecule has 1 unspecified atom stereocenters. The Balaban J connectivity index is 1.93. The molecule has 6 heteroatoms. The van der Waals surface area contributed by atoms with Crippen LogP contribution in [0.4, 0.5) is 0 Å². The van der Waals surface area contributed by atoms with Gasteiger partial charge in [-0.3, -0.25) is 4.79 Å². The first-order valence-corrected chi connectivity index (χ1v) is 6.52. The van der Waals surface area contributed by atoms with Crippen molar-refractivity contribution in [1.82, 2.24) is 20.5 Å². The van der Waals surface area contributed by atoms with Crippen LogP contribution >= 0.6 is 0 Å². The highest BCUT2D eigenvalue weighted by Crippen LogP contribution is 2.23. The number of hydrogen-bond donors (Lipinski definition) is 2. The summed E-state index contributed by atoms with van der Waals surface area (Å²) in [5.74, 6) is 0.849. The van der Waals surface area contributed by atoms with E-state index in [4.69, 9.17) is 4.42 Å². The van der Waals surface area contributed by atoms with E-state index < -0.39 is 0 Å². The minimum Gasteiger partial charge on any atom is -0.419 e. The second kappa shape index (κ2) is 5.72. The number of aromatic nitrogens is 3. The molecule has 0 saturated heterocycles. The highest BCUT2D eigenvalue weighted by molar-refractivity contribution is 5.50. The van der Waals surface area contributed by atoms with Gasteiger partial charge in [-0.15, -0.1) is 10.2 Å². The van der Waals surface area contributed by atoms with Gasteiger partial charge in [0.25, 0.3) is 0 Å². The first-order chi connectivity index (χ1) is 10.3. The smallest absolute Gasteiger partial charge is 0.249 e. The Labute approximate surface area is 120 Å². The van der Waals surface area contributed by atoms with E-state index in [2.05, 4.69) is 20.5 Å². The SMILES string of the molecule is CNC(c1ccccc1)c1nnc(-c2ccc(=O)[nH]c2)o1. The lowest BCUT2D eigenvalue weighted by atomic mass is 10.1. The molecule has 1 aromatic carbocycles. The van der Waals surface area contributed by atoms with Gasteiger partial charge in [0.15, 0.2) is 0 Å². The maximum atomic E-state index is 11.1. The molecule has 0 aliphatic heterocycles. The lowest BCUT2D eigenvalue weighted by Gasteiger charge is -2.11. The van der Waals surface area contributed by atoms with Gasteiger partial charge in [-0.05, 0) is 18.7 Å². The standard InChI is InChI=1S/C15H14N4O2/c1-16-13(10-5-3-2-4-6-10)15-19-18-14(21-15)11-7-8-12(20)17-9-11/h2-9,13,16H,1H3,(H,17,20). The van der Waals surface area contributed by atoms with Gasteiger partial charge in [0, 0.05) is 12.3 Å². The fourth-order valence-corrected chi connectivity index (χ4v) is 2.09. The summed E-state index contributed by atoms with van der Waals surface area (Å²) in [5, 5.41) is 11.3. The zero-order chi connectivity index (χ0) is 14.7. The Hall–Kier alpha value is -2.73. The number of pyridine rings is 1. The largest absolute Gasteiger partial charge is 0.419 e. The molecule has 1 atom stereocenters. The average molecular weight is 282 g/mol. The van der Waals surface area contributed by atoms with E-state index in [1.165, 1.54) is 6.07 Å². The molecule has 3 aromatic rings. The van der Waals surface area contributed by atoms with Gasteiger partial charge in [-0.25, -0.2) is 0 Å². The van der Waals surface area contributed by atoms with Gasteiger partial charge in [0.1, 0.15) is 6.04 Å². The lowest BCUT2D eigenvalue weighted by molar-refractivity contribution is 0.456. The topological polar surface area (TPSA) is 83.8 Å². The summed E-state index contributed by atoms with van der Waals surface area (Å²) >= 11 is 0. The molecule has 0 radical (unpaired) electrons. The van der Waals surface area contributed by atoms with Crippen molar-refractivity contribution in [3.8, 4) is 11.5 Å². The minimum atomic E-state index is -0.171. The summed E-state index contributed by atoms with van der Waals surface area (Å²) < 4.78 is 5.71. The Morgan fingerprint density at radius 3 is 2.62 bits per heavy atom. The summed E-state index contributed by atoms with van der Waals surface area (Å²) in [6, 6.07) is 12.7. The van der Waals surface area contributed by atoms with Gasteiger partial charge in [0.2, 0.25) is 17.3 Å². The number of nitrogens with one attached hydrogen (secondary N) is 2. The number of nitrogens with zero attached hydrogens (tertiary/aromatic N) is 2. The molecule has 2 aromatic heterocycles. The van der Waals surface area contributed by atoms with Crippen LogP contribution in [0.2, 0.25) is 0 Å². The van der Waals surface area contributed by atoms with E-state index >= 15 is 0 Å². The third kappa shape index (κ3) is 2.75. The highest BCUT2D eigenvalue weighted by Gasteiger charge is 2.19. The predicted octanol–water partition coefficient (Wildman–Crippen LogP) is 1.73. The van der Waals surface area contributed by atoms with Crippen molar-refractivity contribution in [3.05, 3.63) is 70.5 Å². The molecule has 6 nitrogen and oxygen atoms in total. The van der Waals surface area contributed by atoms with Crippen LogP contribution in [0.25, 0.3) is 11.5 Å². The van der Waals surface area contributed by atoms with E-state index in [9.17, 15) is 4.79 Å². The zero-order valence-corrected chi connectivity index (χ0v) is 11.4. The predicted molar refractivity (Wildman–Crippen MR) is 77.7 cm³/mol. The first-order valence-electron chi connectivity index (χ1n) is 6.52. The average Bonchev–Trinajstić information content (AvgIpc) is 2.99. The van der Waals surface area contributed by atoms with Gasteiger partial charge >= 0.3 is 0 Å². The van der Waals surface area contributed by atoms with Crippen molar-refractivity contribution in [2.24, 2.45) is 0 Å². The molecule has 106 valence electrons. The summed E-state index contributed by atoms with van der Waals surface area (Å²) in [5.41, 5.74) is 1.55. The molecule has 0 amide bonds. The van der Waals surface area contributed by atoms with Gasteiger partial charge < -0.3 is 14.7 Å². The van der Waals surface area contributed by atoms with E-state index in [1.807, 2.05) is 37.4 Å². The maximum Gasteiger partial charge on any atom is 0.249 e. The van der Waals surface area contributed by atoms with Crippen molar-refractivity contribution >= 4 is 0 Å². The number of rotatable bonds is 4. The number of aromatic amines is 1. The third-order valence-corrected chi connectivity index (χ3v) is 3.14. The van der Waals surface area contributed by atoms with E-state index in [0.29, 0.717) is 17.3 Å². The van der Waals surface area contributed by atoms with Crippen molar-refractivity contribution < 1.29 is 4.42 Å². The second-order valence-electron chi connectivity index (χ2n) is 4.52. The maximum absolute atomic E-state index is 11.1. The van der Waals surface area contributed by atoms with Crippen LogP contribution < -0.4 is 10.9 Å². The Morgan fingerprint density at radius 1 is 1.14 bits per heavy atom. The lowest BCUT2D eigenvalue weighted by Crippen LogP contribution is -2.17. The van der Waals surface area contributed by atoms with Gasteiger partial charge in [0.05, 0.1) is 5.56 Å². The van der Waals surface area contributed by atoms with Gasteiger partial charge in [-0.1, -0.05) is 30.3 Å². The van der Waals surface area contributed by atoms with Crippen LogP contribution in [0.3, 0.4) is 0 Å². The second-order valence-corrected chi connectivity index (χ2v) is 4.52. The first kappa shape index (κ1) is 13.3. The third-order valence-electron chi connectivity index (χ3n) is 3.14. The van der Waals surface area contributed by atoms with Crippen molar-refractivity contribution in [1.29, 1.82) is 0 Å². The molecule has 21 heavy (non-hydrogen) atoms. The number of benzene rings is 1.